The first-order valence-corrected chi connectivity index (χ1v) is 14.2. The number of benzene rings is 3. The van der Waals surface area contributed by atoms with Crippen molar-refractivity contribution < 1.29 is 9.53 Å². The highest BCUT2D eigenvalue weighted by Crippen LogP contribution is 2.40. The highest BCUT2D eigenvalue weighted by molar-refractivity contribution is 9.10. The lowest BCUT2D eigenvalue weighted by Gasteiger charge is -2.14. The maximum atomic E-state index is 13.2. The summed E-state index contributed by atoms with van der Waals surface area (Å²) in [5, 5.41) is 2.18. The van der Waals surface area contributed by atoms with Crippen LogP contribution >= 0.6 is 39.3 Å². The van der Waals surface area contributed by atoms with Crippen LogP contribution < -0.4 is 0 Å². The second kappa shape index (κ2) is 12.5. The molecule has 0 saturated carbocycles. The van der Waals surface area contributed by atoms with Crippen LogP contribution in [0.4, 0.5) is 5.69 Å². The zero-order chi connectivity index (χ0) is 27.2. The summed E-state index contributed by atoms with van der Waals surface area (Å²) >= 11 is 11.1. The number of hydrogen-bond donors (Lipinski definition) is 0. The van der Waals surface area contributed by atoms with Gasteiger partial charge in [0.05, 0.1) is 28.6 Å². The van der Waals surface area contributed by atoms with E-state index in [0.717, 1.165) is 31.5 Å². The van der Waals surface area contributed by atoms with Gasteiger partial charge >= 0.3 is 5.97 Å². The van der Waals surface area contributed by atoms with Crippen molar-refractivity contribution in [3.05, 3.63) is 130 Å². The molecule has 0 radical (unpaired) electrons. The standard InChI is InChI=1S/C31H23BrClN3O2S/c1-2-38-31(37)26-20-36(25-17-11-22(32)12-18-25)30(28(26)27-10-6-7-19-34-27)39-29(21-8-4-3-5-9-21)35-24-15-13-23(33)14-16-24/h3-20H,2H2,1H3. The van der Waals surface area contributed by atoms with Crippen LogP contribution in [0, 0.1) is 0 Å². The first-order valence-electron chi connectivity index (χ1n) is 12.2. The van der Waals surface area contributed by atoms with Gasteiger partial charge in [-0.15, -0.1) is 0 Å². The van der Waals surface area contributed by atoms with E-state index in [1.54, 1.807) is 13.1 Å². The Morgan fingerprint density at radius 2 is 1.69 bits per heavy atom. The maximum absolute atomic E-state index is 13.2. The smallest absolute Gasteiger partial charge is 0.340 e. The second-order valence-electron chi connectivity index (χ2n) is 8.37. The molecular weight excluding hydrogens is 594 g/mol. The van der Waals surface area contributed by atoms with Gasteiger partial charge in [-0.1, -0.05) is 75.7 Å². The first-order chi connectivity index (χ1) is 19.0. The van der Waals surface area contributed by atoms with E-state index in [9.17, 15) is 4.79 Å². The fourth-order valence-corrected chi connectivity index (χ4v) is 5.51. The van der Waals surface area contributed by atoms with Crippen molar-refractivity contribution in [3.63, 3.8) is 0 Å². The molecule has 5 rings (SSSR count). The zero-order valence-electron chi connectivity index (χ0n) is 20.9. The van der Waals surface area contributed by atoms with Crippen LogP contribution in [0.15, 0.2) is 124 Å². The van der Waals surface area contributed by atoms with Crippen LogP contribution in [0.3, 0.4) is 0 Å². The average molecular weight is 617 g/mol. The van der Waals surface area contributed by atoms with Crippen molar-refractivity contribution in [1.29, 1.82) is 0 Å². The SMILES string of the molecule is CCOC(=O)c1cn(-c2ccc(Br)cc2)c(SC(=Nc2ccc(Cl)cc2)c2ccccc2)c1-c1ccccn1. The Labute approximate surface area is 244 Å². The summed E-state index contributed by atoms with van der Waals surface area (Å²) in [6, 6.07) is 30.9. The molecule has 0 bridgehead atoms. The number of thioether (sulfide) groups is 1. The minimum atomic E-state index is -0.410. The van der Waals surface area contributed by atoms with Gasteiger partial charge in [0.15, 0.2) is 0 Å². The topological polar surface area (TPSA) is 56.5 Å². The molecule has 0 unspecified atom stereocenters. The summed E-state index contributed by atoms with van der Waals surface area (Å²) in [5.41, 5.74) is 4.36. The van der Waals surface area contributed by atoms with Crippen LogP contribution in [0.5, 0.6) is 0 Å². The Bertz CT molecular complexity index is 1600. The van der Waals surface area contributed by atoms with E-state index in [1.807, 2.05) is 108 Å². The van der Waals surface area contributed by atoms with Crippen LogP contribution in [0.2, 0.25) is 5.02 Å². The molecule has 2 aromatic heterocycles. The Hall–Kier alpha value is -3.65. The quantitative estimate of drug-likeness (QED) is 0.0792. The molecule has 0 amide bonds. The zero-order valence-corrected chi connectivity index (χ0v) is 24.1. The summed E-state index contributed by atoms with van der Waals surface area (Å²) < 4.78 is 8.42. The number of carbonyl (C=O) groups excluding carboxylic acids is 1. The first kappa shape index (κ1) is 26.9. The molecule has 39 heavy (non-hydrogen) atoms. The van der Waals surface area contributed by atoms with Crippen molar-refractivity contribution >= 4 is 56.0 Å². The van der Waals surface area contributed by atoms with Gasteiger partial charge in [-0.2, -0.15) is 0 Å². The lowest BCUT2D eigenvalue weighted by Crippen LogP contribution is -2.05. The Balaban J connectivity index is 1.76. The summed E-state index contributed by atoms with van der Waals surface area (Å²) in [6.07, 6.45) is 3.54. The average Bonchev–Trinajstić information content (AvgIpc) is 3.34. The van der Waals surface area contributed by atoms with Crippen molar-refractivity contribution in [2.24, 2.45) is 4.99 Å². The van der Waals surface area contributed by atoms with Gasteiger partial charge in [0.2, 0.25) is 0 Å². The van der Waals surface area contributed by atoms with Gasteiger partial charge in [-0.05, 0) is 67.6 Å². The third kappa shape index (κ3) is 6.33. The molecule has 3 aromatic carbocycles. The lowest BCUT2D eigenvalue weighted by molar-refractivity contribution is 0.0527. The van der Waals surface area contributed by atoms with Crippen LogP contribution in [0.25, 0.3) is 16.9 Å². The molecule has 0 atom stereocenters. The summed E-state index contributed by atoms with van der Waals surface area (Å²) in [4.78, 5) is 22.9. The number of carbonyl (C=O) groups is 1. The number of pyridine rings is 1. The summed E-state index contributed by atoms with van der Waals surface area (Å²) in [7, 11) is 0. The van der Waals surface area contributed by atoms with E-state index in [1.165, 1.54) is 11.8 Å². The predicted octanol–water partition coefficient (Wildman–Crippen LogP) is 9.00. The van der Waals surface area contributed by atoms with Crippen LogP contribution in [-0.4, -0.2) is 27.2 Å². The van der Waals surface area contributed by atoms with E-state index in [4.69, 9.17) is 21.3 Å². The van der Waals surface area contributed by atoms with Crippen molar-refractivity contribution in [1.82, 2.24) is 9.55 Å². The number of ether oxygens (including phenoxy) is 1. The van der Waals surface area contributed by atoms with E-state index in [2.05, 4.69) is 20.9 Å². The second-order valence-corrected chi connectivity index (χ2v) is 10.7. The summed E-state index contributed by atoms with van der Waals surface area (Å²) in [6.45, 7) is 2.06. The van der Waals surface area contributed by atoms with Gasteiger partial charge < -0.3 is 9.30 Å². The van der Waals surface area contributed by atoms with Gasteiger partial charge in [0.1, 0.15) is 5.04 Å². The fraction of sp³-hybridized carbons (Fsp3) is 0.0645. The molecule has 194 valence electrons. The van der Waals surface area contributed by atoms with E-state index in [0.29, 0.717) is 21.8 Å². The van der Waals surface area contributed by atoms with Crippen molar-refractivity contribution in [3.8, 4) is 16.9 Å². The largest absolute Gasteiger partial charge is 0.462 e. The van der Waals surface area contributed by atoms with Crippen molar-refractivity contribution in [2.45, 2.75) is 11.9 Å². The predicted molar refractivity (Wildman–Crippen MR) is 163 cm³/mol. The number of halogens is 2. The fourth-order valence-electron chi connectivity index (χ4n) is 3.95. The molecule has 0 aliphatic rings. The summed E-state index contributed by atoms with van der Waals surface area (Å²) in [5.74, 6) is -0.410. The molecule has 2 heterocycles. The molecule has 5 aromatic rings. The van der Waals surface area contributed by atoms with Gasteiger partial charge in [-0.3, -0.25) is 4.98 Å². The number of rotatable bonds is 7. The number of aliphatic imine (C=N–C) groups is 1. The molecule has 0 aliphatic heterocycles. The number of esters is 1. The molecule has 0 N–H and O–H groups in total. The normalized spacial score (nSPS) is 11.4. The number of aromatic nitrogens is 2. The third-order valence-corrected chi connectivity index (χ3v) is 7.65. The molecule has 8 heteroatoms. The molecular formula is C31H23BrClN3O2S. The lowest BCUT2D eigenvalue weighted by atomic mass is 10.1. The third-order valence-electron chi connectivity index (χ3n) is 5.75. The van der Waals surface area contributed by atoms with Gasteiger partial charge in [0, 0.05) is 38.7 Å². The molecule has 0 aliphatic carbocycles. The van der Waals surface area contributed by atoms with Crippen LogP contribution in [0.1, 0.15) is 22.8 Å². The Morgan fingerprint density at radius 1 is 0.974 bits per heavy atom. The van der Waals surface area contributed by atoms with Crippen LogP contribution in [-0.2, 0) is 4.74 Å². The number of nitrogens with zero attached hydrogens (tertiary/aromatic N) is 3. The Morgan fingerprint density at radius 3 is 2.36 bits per heavy atom. The number of hydrogen-bond acceptors (Lipinski definition) is 5. The molecule has 0 saturated heterocycles. The van der Waals surface area contributed by atoms with Gasteiger partial charge in [-0.25, -0.2) is 9.79 Å². The van der Waals surface area contributed by atoms with E-state index in [-0.39, 0.29) is 6.61 Å². The minimum Gasteiger partial charge on any atom is -0.462 e. The highest BCUT2D eigenvalue weighted by atomic mass is 79.9. The van der Waals surface area contributed by atoms with E-state index < -0.39 is 5.97 Å². The maximum Gasteiger partial charge on any atom is 0.340 e. The monoisotopic (exact) mass is 615 g/mol. The Kier molecular flexibility index (Phi) is 8.61. The molecule has 0 fully saturated rings. The van der Waals surface area contributed by atoms with Gasteiger partial charge in [0.25, 0.3) is 0 Å². The molecule has 5 nitrogen and oxygen atoms in total. The highest BCUT2D eigenvalue weighted by Gasteiger charge is 2.26. The molecule has 0 spiro atoms. The minimum absolute atomic E-state index is 0.264. The van der Waals surface area contributed by atoms with Crippen molar-refractivity contribution in [2.75, 3.05) is 6.61 Å². The van der Waals surface area contributed by atoms with E-state index >= 15 is 0 Å².